The molecule has 0 atom stereocenters. The van der Waals surface area contributed by atoms with Crippen LogP contribution < -0.4 is 10.1 Å². The van der Waals surface area contributed by atoms with E-state index in [1.165, 1.54) is 6.07 Å². The molecule has 1 aromatic heterocycles. The molecule has 6 nitrogen and oxygen atoms in total. The maximum atomic E-state index is 12.5. The van der Waals surface area contributed by atoms with Crippen LogP contribution in [0.2, 0.25) is 5.02 Å². The quantitative estimate of drug-likeness (QED) is 0.744. The van der Waals surface area contributed by atoms with Crippen molar-refractivity contribution in [2.45, 2.75) is 11.5 Å². The summed E-state index contributed by atoms with van der Waals surface area (Å²) in [4.78, 5) is 15.7. The highest BCUT2D eigenvalue weighted by Gasteiger charge is 2.32. The van der Waals surface area contributed by atoms with Gasteiger partial charge >= 0.3 is 0 Å². The van der Waals surface area contributed by atoms with Crippen molar-refractivity contribution < 1.29 is 17.9 Å². The lowest BCUT2D eigenvalue weighted by atomic mass is 10.1. The third-order valence-corrected chi connectivity index (χ3v) is 6.21. The maximum Gasteiger partial charge on any atom is 0.239 e. The Hall–Kier alpha value is -2.64. The second-order valence-corrected chi connectivity index (χ2v) is 8.19. The molecule has 1 amide bonds. The number of hydrogen-bond acceptors (Lipinski definition) is 5. The first-order chi connectivity index (χ1) is 12.5. The molecule has 0 saturated heterocycles. The van der Waals surface area contributed by atoms with Crippen LogP contribution in [0.3, 0.4) is 0 Å². The lowest BCUT2D eigenvalue weighted by molar-refractivity contribution is -0.114. The molecule has 0 saturated carbocycles. The summed E-state index contributed by atoms with van der Waals surface area (Å²) < 4.78 is 30.9. The number of nitrogens with one attached hydrogen (secondary N) is 1. The van der Waals surface area contributed by atoms with E-state index >= 15 is 0 Å². The van der Waals surface area contributed by atoms with Gasteiger partial charge in [-0.05, 0) is 24.3 Å². The molecular formula is C18H13ClN2O4S. The average Bonchev–Trinajstić information content (AvgIpc) is 2.60. The summed E-state index contributed by atoms with van der Waals surface area (Å²) in [6, 6.07) is 10.4. The zero-order chi connectivity index (χ0) is 18.3. The smallest absolute Gasteiger partial charge is 0.239 e. The highest BCUT2D eigenvalue weighted by molar-refractivity contribution is 7.92. The van der Waals surface area contributed by atoms with E-state index in [0.717, 1.165) is 10.8 Å². The van der Waals surface area contributed by atoms with Crippen LogP contribution >= 0.6 is 11.6 Å². The molecule has 0 fully saturated rings. The van der Waals surface area contributed by atoms with Gasteiger partial charge in [-0.25, -0.2) is 8.42 Å². The Balaban J connectivity index is 1.76. The second-order valence-electron chi connectivity index (χ2n) is 5.85. The van der Waals surface area contributed by atoms with E-state index in [1.54, 1.807) is 24.5 Å². The minimum absolute atomic E-state index is 0.0199. The number of benzene rings is 2. The monoisotopic (exact) mass is 388 g/mol. The minimum atomic E-state index is -3.78. The van der Waals surface area contributed by atoms with Crippen LogP contribution in [-0.4, -0.2) is 25.1 Å². The molecule has 0 spiro atoms. The number of rotatable bonds is 3. The van der Waals surface area contributed by atoms with Crippen molar-refractivity contribution in [2.24, 2.45) is 0 Å². The van der Waals surface area contributed by atoms with Gasteiger partial charge in [0.1, 0.15) is 18.1 Å². The number of carbonyl (C=O) groups excluding carboxylic acids is 1. The average molecular weight is 389 g/mol. The largest absolute Gasteiger partial charge is 0.488 e. The van der Waals surface area contributed by atoms with Crippen LogP contribution in [0.25, 0.3) is 10.8 Å². The van der Waals surface area contributed by atoms with Crippen molar-refractivity contribution in [1.29, 1.82) is 0 Å². The zero-order valence-electron chi connectivity index (χ0n) is 13.4. The van der Waals surface area contributed by atoms with Gasteiger partial charge in [0, 0.05) is 33.8 Å². The van der Waals surface area contributed by atoms with Gasteiger partial charge in [-0.3, -0.25) is 9.78 Å². The zero-order valence-corrected chi connectivity index (χ0v) is 15.0. The molecule has 3 aromatic rings. The van der Waals surface area contributed by atoms with Gasteiger partial charge in [-0.2, -0.15) is 0 Å². The van der Waals surface area contributed by atoms with E-state index in [2.05, 4.69) is 10.3 Å². The summed E-state index contributed by atoms with van der Waals surface area (Å²) >= 11 is 6.24. The molecule has 4 rings (SSSR count). The first-order valence-electron chi connectivity index (χ1n) is 7.75. The number of pyridine rings is 1. The molecule has 132 valence electrons. The van der Waals surface area contributed by atoms with E-state index in [-0.39, 0.29) is 22.2 Å². The highest BCUT2D eigenvalue weighted by Crippen LogP contribution is 2.36. The number of nitrogens with zero attached hydrogens (tertiary/aromatic N) is 1. The van der Waals surface area contributed by atoms with Crippen molar-refractivity contribution in [3.05, 3.63) is 59.4 Å². The molecule has 1 aliphatic rings. The van der Waals surface area contributed by atoms with E-state index in [4.69, 9.17) is 16.3 Å². The van der Waals surface area contributed by atoms with Crippen molar-refractivity contribution in [1.82, 2.24) is 4.98 Å². The van der Waals surface area contributed by atoms with Crippen LogP contribution in [0.4, 0.5) is 5.69 Å². The van der Waals surface area contributed by atoms with Gasteiger partial charge in [0.15, 0.2) is 9.84 Å². The van der Waals surface area contributed by atoms with E-state index in [0.29, 0.717) is 11.3 Å². The number of aromatic nitrogens is 1. The van der Waals surface area contributed by atoms with Gasteiger partial charge in [0.25, 0.3) is 0 Å². The molecule has 0 radical (unpaired) electrons. The van der Waals surface area contributed by atoms with Crippen LogP contribution in [0, 0.1) is 0 Å². The fourth-order valence-electron chi connectivity index (χ4n) is 2.99. The predicted octanol–water partition coefficient (Wildman–Crippen LogP) is 3.19. The summed E-state index contributed by atoms with van der Waals surface area (Å²) in [5, 5.41) is 4.61. The maximum absolute atomic E-state index is 12.5. The summed E-state index contributed by atoms with van der Waals surface area (Å²) in [6.07, 6.45) is 3.38. The van der Waals surface area contributed by atoms with Crippen molar-refractivity contribution >= 4 is 43.8 Å². The lowest BCUT2D eigenvalue weighted by Crippen LogP contribution is -2.30. The number of halogens is 1. The topological polar surface area (TPSA) is 85.4 Å². The number of hydrogen-bond donors (Lipinski definition) is 1. The Morgan fingerprint density at radius 3 is 2.88 bits per heavy atom. The lowest BCUT2D eigenvalue weighted by Gasteiger charge is -2.21. The standard InChI is InChI=1S/C18H13ClN2O4S/c19-14-4-5-15-18(26(23,24)10-17(22)21-15)13(14)9-25-16-3-1-2-11-8-20-7-6-12(11)16/h1-8H,9-10H2,(H,21,22). The first kappa shape index (κ1) is 16.8. The number of fused-ring (bicyclic) bond motifs is 2. The van der Waals surface area contributed by atoms with Crippen molar-refractivity contribution in [2.75, 3.05) is 11.1 Å². The Morgan fingerprint density at radius 1 is 1.19 bits per heavy atom. The Morgan fingerprint density at radius 2 is 2.04 bits per heavy atom. The summed E-state index contributed by atoms with van der Waals surface area (Å²) in [5.74, 6) is -0.572. The SMILES string of the molecule is O=C1CS(=O)(=O)c2c(ccc(Cl)c2COc2cccc3cnccc23)N1. The molecule has 0 aliphatic carbocycles. The molecule has 26 heavy (non-hydrogen) atoms. The highest BCUT2D eigenvalue weighted by atomic mass is 35.5. The number of ether oxygens (including phenoxy) is 1. The van der Waals surface area contributed by atoms with Crippen LogP contribution in [0.15, 0.2) is 53.7 Å². The van der Waals surface area contributed by atoms with Crippen molar-refractivity contribution in [3.8, 4) is 5.75 Å². The second kappa shape index (κ2) is 6.26. The Kier molecular flexibility index (Phi) is 4.05. The van der Waals surface area contributed by atoms with E-state index < -0.39 is 21.5 Å². The molecule has 0 bridgehead atoms. The van der Waals surface area contributed by atoms with Crippen LogP contribution in [-0.2, 0) is 21.2 Å². The Bertz CT molecular complexity index is 1140. The summed E-state index contributed by atoms with van der Waals surface area (Å²) in [6.45, 7) is -0.0431. The van der Waals surface area contributed by atoms with Gasteiger partial charge in [-0.1, -0.05) is 23.7 Å². The van der Waals surface area contributed by atoms with E-state index in [9.17, 15) is 13.2 Å². The van der Waals surface area contributed by atoms with Gasteiger partial charge in [0.2, 0.25) is 5.91 Å². The molecule has 0 unspecified atom stereocenters. The van der Waals surface area contributed by atoms with Gasteiger partial charge in [0.05, 0.1) is 10.6 Å². The summed E-state index contributed by atoms with van der Waals surface area (Å²) in [7, 11) is -3.78. The minimum Gasteiger partial charge on any atom is -0.488 e. The number of sulfone groups is 1. The fourth-order valence-corrected chi connectivity index (χ4v) is 4.82. The Labute approximate surface area is 154 Å². The molecule has 2 aromatic carbocycles. The third kappa shape index (κ3) is 2.89. The first-order valence-corrected chi connectivity index (χ1v) is 9.78. The normalized spacial score (nSPS) is 15.3. The van der Waals surface area contributed by atoms with Gasteiger partial charge in [-0.15, -0.1) is 0 Å². The number of carbonyl (C=O) groups is 1. The third-order valence-electron chi connectivity index (χ3n) is 4.12. The van der Waals surface area contributed by atoms with Crippen molar-refractivity contribution in [3.63, 3.8) is 0 Å². The molecule has 1 aliphatic heterocycles. The number of amides is 1. The van der Waals surface area contributed by atoms with E-state index in [1.807, 2.05) is 18.2 Å². The van der Waals surface area contributed by atoms with Crippen LogP contribution in [0.1, 0.15) is 5.56 Å². The predicted molar refractivity (Wildman–Crippen MR) is 98.2 cm³/mol. The fraction of sp³-hybridized carbons (Fsp3) is 0.111. The molecule has 1 N–H and O–H groups in total. The molecule has 2 heterocycles. The molecule has 8 heteroatoms. The van der Waals surface area contributed by atoms with Crippen LogP contribution in [0.5, 0.6) is 5.75 Å². The number of anilines is 1. The summed E-state index contributed by atoms with van der Waals surface area (Å²) in [5.41, 5.74) is 0.557. The van der Waals surface area contributed by atoms with Gasteiger partial charge < -0.3 is 10.1 Å². The molecular weight excluding hydrogens is 376 g/mol.